The van der Waals surface area contributed by atoms with E-state index < -0.39 is 0 Å². The lowest BCUT2D eigenvalue weighted by Crippen LogP contribution is -2.12. The van der Waals surface area contributed by atoms with Crippen molar-refractivity contribution in [2.75, 3.05) is 12.4 Å². The molecule has 1 atom stereocenters. The highest BCUT2D eigenvalue weighted by atomic mass is 14.8. The van der Waals surface area contributed by atoms with Crippen molar-refractivity contribution in [2.45, 2.75) is 19.4 Å². The summed E-state index contributed by atoms with van der Waals surface area (Å²) in [5.41, 5.74) is 11.0. The fraction of sp³-hybridized carbons (Fsp3) is 0.250. The highest BCUT2D eigenvalue weighted by molar-refractivity contribution is 5.47. The van der Waals surface area contributed by atoms with Crippen LogP contribution in [-0.2, 0) is 6.42 Å². The van der Waals surface area contributed by atoms with Crippen LogP contribution >= 0.6 is 0 Å². The molecular formula is C16H20N2. The molecule has 1 unspecified atom stereocenters. The van der Waals surface area contributed by atoms with Crippen LogP contribution in [0.15, 0.2) is 48.5 Å². The van der Waals surface area contributed by atoms with Gasteiger partial charge in [-0.1, -0.05) is 43.3 Å². The van der Waals surface area contributed by atoms with Crippen LogP contribution in [0.4, 0.5) is 5.69 Å². The molecule has 2 aromatic rings. The number of benzene rings is 2. The summed E-state index contributed by atoms with van der Waals surface area (Å²) in [7, 11) is 1.92. The Morgan fingerprint density at radius 2 is 1.78 bits per heavy atom. The fourth-order valence-electron chi connectivity index (χ4n) is 2.04. The molecule has 3 N–H and O–H groups in total. The number of aryl methyl sites for hydroxylation is 1. The van der Waals surface area contributed by atoms with Gasteiger partial charge in [0.25, 0.3) is 0 Å². The van der Waals surface area contributed by atoms with E-state index in [0.29, 0.717) is 0 Å². The molecule has 0 fully saturated rings. The van der Waals surface area contributed by atoms with Crippen LogP contribution in [-0.4, -0.2) is 7.05 Å². The van der Waals surface area contributed by atoms with E-state index >= 15 is 0 Å². The van der Waals surface area contributed by atoms with E-state index in [4.69, 9.17) is 5.73 Å². The summed E-state index contributed by atoms with van der Waals surface area (Å²) < 4.78 is 0. The van der Waals surface area contributed by atoms with Gasteiger partial charge in [-0.3, -0.25) is 0 Å². The van der Waals surface area contributed by atoms with Crippen molar-refractivity contribution in [2.24, 2.45) is 5.73 Å². The summed E-state index contributed by atoms with van der Waals surface area (Å²) in [5.74, 6) is 0. The zero-order valence-corrected chi connectivity index (χ0v) is 11.0. The fourth-order valence-corrected chi connectivity index (χ4v) is 2.04. The number of nitrogens with two attached hydrogens (primary N) is 1. The van der Waals surface area contributed by atoms with Crippen molar-refractivity contribution >= 4 is 5.69 Å². The van der Waals surface area contributed by atoms with Crippen molar-refractivity contribution < 1.29 is 0 Å². The molecular weight excluding hydrogens is 220 g/mol. The normalized spacial score (nSPS) is 12.2. The third kappa shape index (κ3) is 2.71. The molecule has 0 aliphatic carbocycles. The minimum atomic E-state index is -0.0655. The Kier molecular flexibility index (Phi) is 4.00. The highest BCUT2D eigenvalue weighted by Crippen LogP contribution is 2.22. The van der Waals surface area contributed by atoms with Gasteiger partial charge in [-0.05, 0) is 35.2 Å². The van der Waals surface area contributed by atoms with Gasteiger partial charge in [0.05, 0.1) is 6.04 Å². The number of hydrogen-bond acceptors (Lipinski definition) is 2. The molecule has 2 heteroatoms. The molecule has 0 aliphatic rings. The van der Waals surface area contributed by atoms with Gasteiger partial charge >= 0.3 is 0 Å². The summed E-state index contributed by atoms with van der Waals surface area (Å²) in [6, 6.07) is 16.7. The largest absolute Gasteiger partial charge is 0.388 e. The maximum atomic E-state index is 6.30. The number of rotatable bonds is 4. The quantitative estimate of drug-likeness (QED) is 0.860. The first kappa shape index (κ1) is 12.7. The molecule has 0 aromatic heterocycles. The summed E-state index contributed by atoms with van der Waals surface area (Å²) in [6.07, 6.45) is 1.06. The first-order valence-electron chi connectivity index (χ1n) is 6.36. The van der Waals surface area contributed by atoms with Gasteiger partial charge in [0.2, 0.25) is 0 Å². The summed E-state index contributed by atoms with van der Waals surface area (Å²) in [6.45, 7) is 2.16. The van der Waals surface area contributed by atoms with Crippen LogP contribution in [0.1, 0.15) is 29.7 Å². The molecule has 0 spiro atoms. The van der Waals surface area contributed by atoms with Gasteiger partial charge in [-0.25, -0.2) is 0 Å². The van der Waals surface area contributed by atoms with E-state index in [-0.39, 0.29) is 6.04 Å². The van der Waals surface area contributed by atoms with Crippen LogP contribution in [0, 0.1) is 0 Å². The van der Waals surface area contributed by atoms with Crippen molar-refractivity contribution in [3.05, 3.63) is 65.2 Å². The predicted octanol–water partition coefficient (Wildman–Crippen LogP) is 3.34. The van der Waals surface area contributed by atoms with Crippen molar-refractivity contribution in [1.29, 1.82) is 0 Å². The molecule has 0 heterocycles. The minimum absolute atomic E-state index is 0.0655. The first-order chi connectivity index (χ1) is 8.74. The van der Waals surface area contributed by atoms with E-state index in [1.165, 1.54) is 5.56 Å². The Labute approximate surface area is 109 Å². The molecule has 0 saturated carbocycles. The smallest absolute Gasteiger partial charge is 0.0552 e. The Morgan fingerprint density at radius 1 is 1.06 bits per heavy atom. The maximum Gasteiger partial charge on any atom is 0.0552 e. The van der Waals surface area contributed by atoms with E-state index in [1.807, 2.05) is 19.2 Å². The minimum Gasteiger partial charge on any atom is -0.388 e. The van der Waals surface area contributed by atoms with Crippen LogP contribution < -0.4 is 11.1 Å². The van der Waals surface area contributed by atoms with E-state index in [9.17, 15) is 0 Å². The first-order valence-corrected chi connectivity index (χ1v) is 6.36. The highest BCUT2D eigenvalue weighted by Gasteiger charge is 2.08. The Bertz CT molecular complexity index is 503. The Balaban J connectivity index is 2.25. The van der Waals surface area contributed by atoms with Gasteiger partial charge in [0, 0.05) is 12.7 Å². The second kappa shape index (κ2) is 5.69. The van der Waals surface area contributed by atoms with Gasteiger partial charge in [0.15, 0.2) is 0 Å². The Hall–Kier alpha value is -1.80. The van der Waals surface area contributed by atoms with Gasteiger partial charge in [-0.2, -0.15) is 0 Å². The van der Waals surface area contributed by atoms with Crippen LogP contribution in [0.5, 0.6) is 0 Å². The molecule has 0 saturated heterocycles. The maximum absolute atomic E-state index is 6.30. The van der Waals surface area contributed by atoms with Gasteiger partial charge in [-0.15, -0.1) is 0 Å². The summed E-state index contributed by atoms with van der Waals surface area (Å²) in [5, 5.41) is 3.14. The van der Waals surface area contributed by atoms with E-state index in [2.05, 4.69) is 48.6 Å². The van der Waals surface area contributed by atoms with E-state index in [1.54, 1.807) is 0 Å². The van der Waals surface area contributed by atoms with Gasteiger partial charge in [0.1, 0.15) is 0 Å². The molecule has 0 aliphatic heterocycles. The van der Waals surface area contributed by atoms with Crippen molar-refractivity contribution in [3.63, 3.8) is 0 Å². The number of anilines is 1. The standard InChI is InChI=1S/C16H20N2/c1-3-12-7-9-13(10-8-12)16(17)14-5-4-6-15(11-14)18-2/h4-11,16,18H,3,17H2,1-2H3. The lowest BCUT2D eigenvalue weighted by molar-refractivity contribution is 0.870. The third-order valence-corrected chi connectivity index (χ3v) is 3.28. The lowest BCUT2D eigenvalue weighted by Gasteiger charge is -2.14. The molecule has 94 valence electrons. The molecule has 18 heavy (non-hydrogen) atoms. The Morgan fingerprint density at radius 3 is 2.39 bits per heavy atom. The van der Waals surface area contributed by atoms with Crippen molar-refractivity contribution in [1.82, 2.24) is 0 Å². The molecule has 0 bridgehead atoms. The topological polar surface area (TPSA) is 38.0 Å². The van der Waals surface area contributed by atoms with Crippen LogP contribution in [0.3, 0.4) is 0 Å². The average Bonchev–Trinajstić information content (AvgIpc) is 2.46. The molecule has 2 rings (SSSR count). The molecule has 0 amide bonds. The van der Waals surface area contributed by atoms with Gasteiger partial charge < -0.3 is 11.1 Å². The number of hydrogen-bond donors (Lipinski definition) is 2. The average molecular weight is 240 g/mol. The SMILES string of the molecule is CCc1ccc(C(N)c2cccc(NC)c2)cc1. The van der Waals surface area contributed by atoms with E-state index in [0.717, 1.165) is 23.2 Å². The van der Waals surface area contributed by atoms with Crippen LogP contribution in [0.2, 0.25) is 0 Å². The molecule has 0 radical (unpaired) electrons. The monoisotopic (exact) mass is 240 g/mol. The number of nitrogens with one attached hydrogen (secondary N) is 1. The zero-order chi connectivity index (χ0) is 13.0. The molecule has 2 aromatic carbocycles. The van der Waals surface area contributed by atoms with Crippen LogP contribution in [0.25, 0.3) is 0 Å². The second-order valence-corrected chi connectivity index (χ2v) is 4.45. The summed E-state index contributed by atoms with van der Waals surface area (Å²) in [4.78, 5) is 0. The third-order valence-electron chi connectivity index (χ3n) is 3.28. The zero-order valence-electron chi connectivity index (χ0n) is 11.0. The van der Waals surface area contributed by atoms with Crippen molar-refractivity contribution in [3.8, 4) is 0 Å². The molecule has 2 nitrogen and oxygen atoms in total. The second-order valence-electron chi connectivity index (χ2n) is 4.45. The summed E-state index contributed by atoms with van der Waals surface area (Å²) >= 11 is 0. The lowest BCUT2D eigenvalue weighted by atomic mass is 9.98. The predicted molar refractivity (Wildman–Crippen MR) is 77.8 cm³/mol.